The van der Waals surface area contributed by atoms with Gasteiger partial charge >= 0.3 is 5.97 Å². The molecule has 1 N–H and O–H groups in total. The number of fused-ring (bicyclic) bond motifs is 1. The number of rotatable bonds is 8. The number of carbonyl (C=O) groups is 1. The van der Waals surface area contributed by atoms with E-state index < -0.39 is 17.6 Å². The van der Waals surface area contributed by atoms with Crippen molar-refractivity contribution in [2.45, 2.75) is 33.7 Å². The summed E-state index contributed by atoms with van der Waals surface area (Å²) < 4.78 is 18.6. The van der Waals surface area contributed by atoms with Crippen molar-refractivity contribution >= 4 is 46.6 Å². The Morgan fingerprint density at radius 1 is 1.11 bits per heavy atom. The van der Waals surface area contributed by atoms with E-state index in [-0.39, 0.29) is 33.0 Å². The first-order chi connectivity index (χ1) is 18.2. The number of carbonyl (C=O) groups excluding carboxylic acids is 1. The Morgan fingerprint density at radius 2 is 1.82 bits per heavy atom. The van der Waals surface area contributed by atoms with Crippen LogP contribution in [0.25, 0.3) is 6.08 Å². The van der Waals surface area contributed by atoms with Crippen LogP contribution in [0.1, 0.15) is 44.9 Å². The van der Waals surface area contributed by atoms with Gasteiger partial charge in [0.25, 0.3) is 5.56 Å². The number of thiazole rings is 1. The summed E-state index contributed by atoms with van der Waals surface area (Å²) >= 11 is 13.3. The van der Waals surface area contributed by atoms with Crippen LogP contribution in [0, 0.1) is 0 Å². The molecule has 0 bridgehead atoms. The molecule has 8 nitrogen and oxygen atoms in total. The van der Waals surface area contributed by atoms with E-state index in [1.54, 1.807) is 32.0 Å². The SMILES string of the molecule is CCOC(=O)C1=C(C)N=c2sc(=Cc3cc(Cl)cc(Cl)c3O)c(=O)n2C1c1ccc(OCC)c(OCC)c1. The highest BCUT2D eigenvalue weighted by molar-refractivity contribution is 7.07. The van der Waals surface area contributed by atoms with Crippen molar-refractivity contribution in [3.8, 4) is 17.2 Å². The standard InChI is InChI=1S/C27H26Cl2N2O6S/c1-5-35-19-9-8-15(11-20(19)36-6-2)23-22(26(34)37-7-3)14(4)30-27-31(23)25(33)21(38-27)12-16-10-17(28)13-18(29)24(16)32/h8-13,23,32H,5-7H2,1-4H3. The number of ether oxygens (including phenoxy) is 3. The third-order valence-corrected chi connectivity index (χ3v) is 7.23. The van der Waals surface area contributed by atoms with Crippen molar-refractivity contribution in [1.82, 2.24) is 4.57 Å². The van der Waals surface area contributed by atoms with E-state index in [0.717, 1.165) is 11.3 Å². The highest BCUT2D eigenvalue weighted by atomic mass is 35.5. The highest BCUT2D eigenvalue weighted by Gasteiger charge is 2.34. The smallest absolute Gasteiger partial charge is 0.338 e. The molecular formula is C27H26Cl2N2O6S. The molecule has 1 aliphatic heterocycles. The number of phenolic OH excluding ortho intramolecular Hbond substituents is 1. The maximum absolute atomic E-state index is 13.8. The largest absolute Gasteiger partial charge is 0.506 e. The predicted octanol–water partition coefficient (Wildman–Crippen LogP) is 4.61. The van der Waals surface area contributed by atoms with Gasteiger partial charge < -0.3 is 19.3 Å². The fourth-order valence-electron chi connectivity index (χ4n) is 4.18. The molecule has 200 valence electrons. The number of aromatic nitrogens is 1. The molecule has 1 unspecified atom stereocenters. The number of hydrogen-bond acceptors (Lipinski definition) is 8. The van der Waals surface area contributed by atoms with Crippen molar-refractivity contribution in [1.29, 1.82) is 0 Å². The maximum Gasteiger partial charge on any atom is 0.338 e. The minimum atomic E-state index is -0.834. The van der Waals surface area contributed by atoms with Crippen LogP contribution in [0.3, 0.4) is 0 Å². The molecule has 2 heterocycles. The van der Waals surface area contributed by atoms with Crippen molar-refractivity contribution in [2.24, 2.45) is 4.99 Å². The van der Waals surface area contributed by atoms with Gasteiger partial charge in [0.05, 0.1) is 46.7 Å². The van der Waals surface area contributed by atoms with E-state index in [2.05, 4.69) is 4.99 Å². The molecule has 0 saturated heterocycles. The van der Waals surface area contributed by atoms with Crippen LogP contribution in [-0.2, 0) is 9.53 Å². The van der Waals surface area contributed by atoms with Gasteiger partial charge in [-0.05, 0) is 63.6 Å². The van der Waals surface area contributed by atoms with Gasteiger partial charge in [-0.15, -0.1) is 0 Å². The van der Waals surface area contributed by atoms with Crippen LogP contribution in [0.2, 0.25) is 10.0 Å². The number of aromatic hydroxyl groups is 1. The van der Waals surface area contributed by atoms with Gasteiger partial charge in [-0.2, -0.15) is 0 Å². The molecular weight excluding hydrogens is 551 g/mol. The van der Waals surface area contributed by atoms with Crippen molar-refractivity contribution in [3.63, 3.8) is 0 Å². The molecule has 0 amide bonds. The molecule has 1 atom stereocenters. The topological polar surface area (TPSA) is 99.4 Å². The van der Waals surface area contributed by atoms with Gasteiger partial charge in [0, 0.05) is 10.6 Å². The molecule has 0 spiro atoms. The Bertz CT molecular complexity index is 1610. The average Bonchev–Trinajstić information content (AvgIpc) is 3.17. The zero-order valence-corrected chi connectivity index (χ0v) is 23.5. The summed E-state index contributed by atoms with van der Waals surface area (Å²) in [7, 11) is 0. The number of hydrogen-bond donors (Lipinski definition) is 1. The number of benzene rings is 2. The van der Waals surface area contributed by atoms with Gasteiger partial charge in [-0.3, -0.25) is 9.36 Å². The monoisotopic (exact) mass is 576 g/mol. The summed E-state index contributed by atoms with van der Waals surface area (Å²) in [6.45, 7) is 8.16. The summed E-state index contributed by atoms with van der Waals surface area (Å²) in [5.41, 5.74) is 1.17. The number of phenols is 1. The number of halogens is 2. The quantitative estimate of drug-likeness (QED) is 0.393. The lowest BCUT2D eigenvalue weighted by Gasteiger charge is -2.25. The molecule has 11 heteroatoms. The van der Waals surface area contributed by atoms with E-state index in [9.17, 15) is 14.7 Å². The Hall–Kier alpha value is -3.27. The number of nitrogens with zero attached hydrogens (tertiary/aromatic N) is 2. The first-order valence-corrected chi connectivity index (χ1v) is 13.5. The Labute approximate surface area is 233 Å². The van der Waals surface area contributed by atoms with Crippen molar-refractivity contribution in [3.05, 3.63) is 82.5 Å². The summed E-state index contributed by atoms with van der Waals surface area (Å²) in [5, 5.41) is 10.8. The molecule has 0 radical (unpaired) electrons. The Kier molecular flexibility index (Phi) is 8.50. The third-order valence-electron chi connectivity index (χ3n) is 5.74. The first-order valence-electron chi connectivity index (χ1n) is 12.0. The number of esters is 1. The zero-order valence-electron chi connectivity index (χ0n) is 21.2. The van der Waals surface area contributed by atoms with Crippen LogP contribution in [0.5, 0.6) is 17.2 Å². The second kappa shape index (κ2) is 11.6. The first kappa shape index (κ1) is 27.8. The predicted molar refractivity (Wildman–Crippen MR) is 147 cm³/mol. The summed E-state index contributed by atoms with van der Waals surface area (Å²) in [6, 6.07) is 7.39. The van der Waals surface area contributed by atoms with E-state index >= 15 is 0 Å². The summed E-state index contributed by atoms with van der Waals surface area (Å²) in [4.78, 5) is 31.9. The van der Waals surface area contributed by atoms with Crippen LogP contribution in [-0.4, -0.2) is 35.5 Å². The summed E-state index contributed by atoms with van der Waals surface area (Å²) in [5.74, 6) is 0.274. The van der Waals surface area contributed by atoms with Crippen molar-refractivity contribution < 1.29 is 24.1 Å². The van der Waals surface area contributed by atoms with E-state index in [1.165, 1.54) is 22.8 Å². The molecule has 1 aromatic heterocycles. The summed E-state index contributed by atoms with van der Waals surface area (Å²) in [6.07, 6.45) is 1.50. The minimum Gasteiger partial charge on any atom is -0.506 e. The van der Waals surface area contributed by atoms with Crippen LogP contribution in [0.4, 0.5) is 0 Å². The molecule has 4 rings (SSSR count). The normalized spacial score (nSPS) is 15.2. The fourth-order valence-corrected chi connectivity index (χ4v) is 5.73. The third kappa shape index (κ3) is 5.32. The molecule has 0 saturated carbocycles. The zero-order chi connectivity index (χ0) is 27.6. The van der Waals surface area contributed by atoms with Crippen LogP contribution < -0.4 is 24.4 Å². The average molecular weight is 577 g/mol. The molecule has 1 aliphatic rings. The second-order valence-electron chi connectivity index (χ2n) is 8.20. The molecule has 3 aromatic rings. The van der Waals surface area contributed by atoms with Crippen LogP contribution in [0.15, 0.2) is 51.4 Å². The van der Waals surface area contributed by atoms with E-state index in [0.29, 0.717) is 45.8 Å². The van der Waals surface area contributed by atoms with Crippen molar-refractivity contribution in [2.75, 3.05) is 19.8 Å². The Balaban J connectivity index is 1.98. The second-order valence-corrected chi connectivity index (χ2v) is 10.1. The fraction of sp³-hybridized carbons (Fsp3) is 0.296. The number of allylic oxidation sites excluding steroid dienone is 1. The minimum absolute atomic E-state index is 0.0627. The van der Waals surface area contributed by atoms with E-state index in [1.807, 2.05) is 13.8 Å². The van der Waals surface area contributed by atoms with Gasteiger partial charge in [0.15, 0.2) is 16.3 Å². The molecule has 2 aromatic carbocycles. The van der Waals surface area contributed by atoms with E-state index in [4.69, 9.17) is 37.4 Å². The van der Waals surface area contributed by atoms with Gasteiger partial charge in [0.1, 0.15) is 5.75 Å². The van der Waals surface area contributed by atoms with Crippen LogP contribution >= 0.6 is 34.5 Å². The maximum atomic E-state index is 13.8. The molecule has 0 fully saturated rings. The van der Waals surface area contributed by atoms with Gasteiger partial charge in [-0.1, -0.05) is 40.6 Å². The molecule has 0 aliphatic carbocycles. The Morgan fingerprint density at radius 3 is 2.50 bits per heavy atom. The lowest BCUT2D eigenvalue weighted by atomic mass is 9.95. The van der Waals surface area contributed by atoms with Gasteiger partial charge in [0.2, 0.25) is 0 Å². The van der Waals surface area contributed by atoms with Gasteiger partial charge in [-0.25, -0.2) is 9.79 Å². The lowest BCUT2D eigenvalue weighted by Crippen LogP contribution is -2.40. The highest BCUT2D eigenvalue weighted by Crippen LogP contribution is 2.36. The lowest BCUT2D eigenvalue weighted by molar-refractivity contribution is -0.139. The molecule has 38 heavy (non-hydrogen) atoms.